The molecule has 0 amide bonds. The third-order valence-corrected chi connectivity index (χ3v) is 6.50. The molecule has 0 saturated carbocycles. The highest BCUT2D eigenvalue weighted by atomic mass is 35.5. The van der Waals surface area contributed by atoms with Gasteiger partial charge in [0, 0.05) is 26.4 Å². The fourth-order valence-electron chi connectivity index (χ4n) is 3.64. The zero-order valence-electron chi connectivity index (χ0n) is 16.4. The number of benzene rings is 2. The Morgan fingerprint density at radius 2 is 1.84 bits per heavy atom. The minimum Gasteiger partial charge on any atom is -0.497 e. The fourth-order valence-corrected chi connectivity index (χ4v) is 4.83. The maximum atomic E-state index is 14.9. The van der Waals surface area contributed by atoms with Crippen molar-refractivity contribution >= 4 is 34.3 Å². The summed E-state index contributed by atoms with van der Waals surface area (Å²) in [6, 6.07) is 9.94. The van der Waals surface area contributed by atoms with Gasteiger partial charge in [-0.15, -0.1) is 0 Å². The second-order valence-corrected chi connectivity index (χ2v) is 8.73. The van der Waals surface area contributed by atoms with Crippen LogP contribution in [0.1, 0.15) is 6.23 Å². The average molecular weight is 470 g/mol. The monoisotopic (exact) mass is 469 g/mol. The number of aliphatic hydroxyl groups excluding tert-OH is 4. The fraction of sp³-hybridized carbons (Fsp3) is 0.333. The second kappa shape index (κ2) is 8.95. The number of aliphatic hydroxyl groups is 4. The van der Waals surface area contributed by atoms with E-state index in [-0.39, 0.29) is 10.4 Å². The molecule has 1 aliphatic rings. The molecule has 166 valence electrons. The molecule has 1 aliphatic heterocycles. The first-order valence-electron chi connectivity index (χ1n) is 9.46. The van der Waals surface area contributed by atoms with Gasteiger partial charge in [-0.2, -0.15) is 0 Å². The molecule has 2 heterocycles. The summed E-state index contributed by atoms with van der Waals surface area (Å²) in [5.74, 6) is 0.132. The van der Waals surface area contributed by atoms with E-state index < -0.39 is 43.1 Å². The molecule has 3 aromatic rings. The first-order valence-corrected chi connectivity index (χ1v) is 10.7. The molecular weight excluding hydrogens is 449 g/mol. The van der Waals surface area contributed by atoms with Crippen LogP contribution in [0.25, 0.3) is 10.9 Å². The molecular formula is C21H21ClFNO6S. The van der Waals surface area contributed by atoms with Crippen LogP contribution in [0, 0.1) is 5.82 Å². The van der Waals surface area contributed by atoms with Gasteiger partial charge in [-0.3, -0.25) is 0 Å². The molecule has 0 bridgehead atoms. The Morgan fingerprint density at radius 1 is 1.13 bits per heavy atom. The highest BCUT2D eigenvalue weighted by Crippen LogP contribution is 2.41. The molecule has 5 atom stereocenters. The highest BCUT2D eigenvalue weighted by molar-refractivity contribution is 7.99. The van der Waals surface area contributed by atoms with E-state index in [1.165, 1.54) is 28.5 Å². The summed E-state index contributed by atoms with van der Waals surface area (Å²) in [7, 11) is 1.56. The van der Waals surface area contributed by atoms with Gasteiger partial charge in [0.25, 0.3) is 0 Å². The summed E-state index contributed by atoms with van der Waals surface area (Å²) in [4.78, 5) is 1.36. The van der Waals surface area contributed by atoms with E-state index in [4.69, 9.17) is 21.1 Å². The Labute approximate surface area is 186 Å². The lowest BCUT2D eigenvalue weighted by Gasteiger charge is -2.40. The van der Waals surface area contributed by atoms with Gasteiger partial charge in [-0.1, -0.05) is 23.4 Å². The van der Waals surface area contributed by atoms with Crippen LogP contribution in [0.2, 0.25) is 5.02 Å². The van der Waals surface area contributed by atoms with E-state index in [2.05, 4.69) is 0 Å². The van der Waals surface area contributed by atoms with Crippen molar-refractivity contribution in [2.75, 3.05) is 13.7 Å². The number of hydrogen-bond acceptors (Lipinski definition) is 7. The van der Waals surface area contributed by atoms with E-state index >= 15 is 0 Å². The number of nitrogens with zero attached hydrogens (tertiary/aromatic N) is 1. The Hall–Kier alpha value is -1.85. The zero-order valence-corrected chi connectivity index (χ0v) is 17.9. The molecule has 4 N–H and O–H groups in total. The predicted molar refractivity (Wildman–Crippen MR) is 113 cm³/mol. The zero-order chi connectivity index (χ0) is 22.3. The Morgan fingerprint density at radius 3 is 2.48 bits per heavy atom. The van der Waals surface area contributed by atoms with Gasteiger partial charge in [-0.25, -0.2) is 4.39 Å². The van der Waals surface area contributed by atoms with Crippen molar-refractivity contribution in [3.8, 4) is 5.75 Å². The molecule has 1 aromatic heterocycles. The number of fused-ring (bicyclic) bond motifs is 1. The van der Waals surface area contributed by atoms with Gasteiger partial charge in [0.05, 0.1) is 19.2 Å². The van der Waals surface area contributed by atoms with Gasteiger partial charge in [0.15, 0.2) is 6.23 Å². The predicted octanol–water partition coefficient (Wildman–Crippen LogP) is 2.57. The van der Waals surface area contributed by atoms with Crippen LogP contribution in [-0.2, 0) is 4.74 Å². The number of aromatic nitrogens is 1. The van der Waals surface area contributed by atoms with Crippen molar-refractivity contribution in [3.63, 3.8) is 0 Å². The second-order valence-electron chi connectivity index (χ2n) is 7.18. The molecule has 0 radical (unpaired) electrons. The molecule has 31 heavy (non-hydrogen) atoms. The molecule has 2 aromatic carbocycles. The van der Waals surface area contributed by atoms with E-state index in [0.29, 0.717) is 16.2 Å². The minimum absolute atomic E-state index is 0.148. The number of rotatable bonds is 5. The van der Waals surface area contributed by atoms with Crippen LogP contribution in [0.4, 0.5) is 4.39 Å². The minimum atomic E-state index is -1.56. The van der Waals surface area contributed by atoms with E-state index in [1.807, 2.05) is 12.1 Å². The molecule has 4 rings (SSSR count). The molecule has 7 nitrogen and oxygen atoms in total. The maximum absolute atomic E-state index is 14.9. The first kappa shape index (κ1) is 22.3. The number of hydrogen-bond donors (Lipinski definition) is 4. The van der Waals surface area contributed by atoms with Crippen LogP contribution in [0.5, 0.6) is 5.75 Å². The summed E-state index contributed by atoms with van der Waals surface area (Å²) in [6.07, 6.45) is -5.26. The summed E-state index contributed by atoms with van der Waals surface area (Å²) in [6.45, 7) is -0.566. The lowest BCUT2D eigenvalue weighted by atomic mass is 9.98. The normalized spacial score (nSPS) is 26.4. The van der Waals surface area contributed by atoms with Crippen LogP contribution >= 0.6 is 23.4 Å². The van der Waals surface area contributed by atoms with E-state index in [0.717, 1.165) is 4.90 Å². The van der Waals surface area contributed by atoms with E-state index in [1.54, 1.807) is 25.4 Å². The standard InChI is InChI=1S/C21H21ClFNO6S/c1-29-11-2-4-12(5-3-11)31-16-8-24(14-7-10(22)6-13(23)17(14)16)21-20(28)19(27)18(26)15(9-25)30-21/h2-8,15,18-21,25-28H,9H2,1H3/t15-,18-,19+,20-,21-/m1/s1. The van der Waals surface area contributed by atoms with Crippen LogP contribution in [0.3, 0.4) is 0 Å². The van der Waals surface area contributed by atoms with Crippen molar-refractivity contribution in [1.29, 1.82) is 0 Å². The van der Waals surface area contributed by atoms with Crippen molar-refractivity contribution < 1.29 is 34.3 Å². The molecule has 1 fully saturated rings. The number of methoxy groups -OCH3 is 1. The van der Waals surface area contributed by atoms with Crippen LogP contribution in [-0.4, -0.2) is 63.1 Å². The van der Waals surface area contributed by atoms with Crippen molar-refractivity contribution in [2.45, 2.75) is 40.4 Å². The Kier molecular flexibility index (Phi) is 6.45. The third-order valence-electron chi connectivity index (χ3n) is 5.24. The third kappa shape index (κ3) is 4.14. The van der Waals surface area contributed by atoms with E-state index in [9.17, 15) is 24.8 Å². The van der Waals surface area contributed by atoms with Crippen molar-refractivity contribution in [1.82, 2.24) is 4.57 Å². The quantitative estimate of drug-likeness (QED) is 0.455. The summed E-state index contributed by atoms with van der Waals surface area (Å²) >= 11 is 7.37. The van der Waals surface area contributed by atoms with Gasteiger partial charge < -0.3 is 34.5 Å². The number of halogens is 2. The Balaban J connectivity index is 1.80. The molecule has 0 spiro atoms. The summed E-state index contributed by atoms with van der Waals surface area (Å²) in [5, 5.41) is 40.7. The summed E-state index contributed by atoms with van der Waals surface area (Å²) in [5.41, 5.74) is 0.338. The summed E-state index contributed by atoms with van der Waals surface area (Å²) < 4.78 is 27.2. The van der Waals surface area contributed by atoms with Crippen LogP contribution < -0.4 is 4.74 Å². The van der Waals surface area contributed by atoms with Gasteiger partial charge >= 0.3 is 0 Å². The van der Waals surface area contributed by atoms with Crippen molar-refractivity contribution in [3.05, 3.63) is 53.4 Å². The van der Waals surface area contributed by atoms with Gasteiger partial charge in [-0.05, 0) is 36.4 Å². The maximum Gasteiger partial charge on any atom is 0.163 e. The largest absolute Gasteiger partial charge is 0.497 e. The smallest absolute Gasteiger partial charge is 0.163 e. The van der Waals surface area contributed by atoms with Gasteiger partial charge in [0.1, 0.15) is 36.0 Å². The first-order chi connectivity index (χ1) is 14.8. The van der Waals surface area contributed by atoms with Gasteiger partial charge in [0.2, 0.25) is 0 Å². The van der Waals surface area contributed by atoms with Crippen molar-refractivity contribution in [2.24, 2.45) is 0 Å². The molecule has 1 saturated heterocycles. The van der Waals surface area contributed by atoms with Crippen LogP contribution in [0.15, 0.2) is 52.4 Å². The lowest BCUT2D eigenvalue weighted by molar-refractivity contribution is -0.250. The SMILES string of the molecule is COc1ccc(Sc2cn([C@@H]3O[C@H](CO)[C@@H](O)[C@H](O)[C@H]3O)c3cc(Cl)cc(F)c23)cc1. The average Bonchev–Trinajstić information content (AvgIpc) is 3.11. The Bertz CT molecular complexity index is 1080. The topological polar surface area (TPSA) is 104 Å². The highest BCUT2D eigenvalue weighted by Gasteiger charge is 2.44. The lowest BCUT2D eigenvalue weighted by Crippen LogP contribution is -2.56. The number of ether oxygens (including phenoxy) is 2. The molecule has 0 aliphatic carbocycles. The molecule has 0 unspecified atom stereocenters. The molecule has 10 heteroatoms.